The van der Waals surface area contributed by atoms with Crippen LogP contribution in [0.2, 0.25) is 0 Å². The molecule has 0 unspecified atom stereocenters. The maximum Gasteiger partial charge on any atom is 0.253 e. The number of carbonyl (C=O) groups is 2. The number of hydrogen-bond acceptors (Lipinski definition) is 4. The summed E-state index contributed by atoms with van der Waals surface area (Å²) in [7, 11) is 0. The van der Waals surface area contributed by atoms with E-state index in [0.717, 1.165) is 5.75 Å². The molecule has 0 rings (SSSR count). The van der Waals surface area contributed by atoms with Gasteiger partial charge in [-0.25, -0.2) is 5.84 Å². The summed E-state index contributed by atoms with van der Waals surface area (Å²) in [6.45, 7) is -0.0519. The molecule has 0 aromatic rings. The van der Waals surface area contributed by atoms with Crippen molar-refractivity contribution >= 4 is 23.6 Å². The monoisotopic (exact) mass is 191 g/mol. The van der Waals surface area contributed by atoms with Crippen LogP contribution in [0.5, 0.6) is 0 Å². The van der Waals surface area contributed by atoms with Gasteiger partial charge in [-0.3, -0.25) is 15.0 Å². The van der Waals surface area contributed by atoms with Gasteiger partial charge in [-0.05, 0) is 6.26 Å². The summed E-state index contributed by atoms with van der Waals surface area (Å²) in [5.41, 5.74) is 1.92. The standard InChI is InChI=1S/C6H13N3O2S/c1-12-3-2-5(10)8-4-6(11)9-7/h2-4,7H2,1H3,(H,8,10)(H,9,11). The van der Waals surface area contributed by atoms with Gasteiger partial charge < -0.3 is 5.32 Å². The molecule has 0 saturated carbocycles. The van der Waals surface area contributed by atoms with Crippen LogP contribution in [0.15, 0.2) is 0 Å². The van der Waals surface area contributed by atoms with Crippen molar-refractivity contribution in [2.75, 3.05) is 18.6 Å². The van der Waals surface area contributed by atoms with Crippen LogP contribution >= 0.6 is 11.8 Å². The minimum atomic E-state index is -0.396. The first kappa shape index (κ1) is 11.2. The first-order valence-corrected chi connectivity index (χ1v) is 4.85. The van der Waals surface area contributed by atoms with Crippen molar-refractivity contribution in [2.24, 2.45) is 5.84 Å². The molecule has 0 aliphatic heterocycles. The molecule has 5 nitrogen and oxygen atoms in total. The van der Waals surface area contributed by atoms with Crippen molar-refractivity contribution in [3.05, 3.63) is 0 Å². The molecule has 0 radical (unpaired) electrons. The van der Waals surface area contributed by atoms with Gasteiger partial charge in [-0.2, -0.15) is 11.8 Å². The Morgan fingerprint density at radius 2 is 2.08 bits per heavy atom. The fraction of sp³-hybridized carbons (Fsp3) is 0.667. The molecule has 6 heteroatoms. The molecule has 0 atom stereocenters. The highest BCUT2D eigenvalue weighted by molar-refractivity contribution is 7.98. The summed E-state index contributed by atoms with van der Waals surface area (Å²) in [6.07, 6.45) is 2.35. The average Bonchev–Trinajstić information content (AvgIpc) is 2.10. The summed E-state index contributed by atoms with van der Waals surface area (Å²) in [6, 6.07) is 0. The van der Waals surface area contributed by atoms with Gasteiger partial charge in [0.15, 0.2) is 0 Å². The third-order valence-corrected chi connectivity index (χ3v) is 1.75. The van der Waals surface area contributed by atoms with Crippen molar-refractivity contribution in [3.8, 4) is 0 Å². The van der Waals surface area contributed by atoms with E-state index >= 15 is 0 Å². The summed E-state index contributed by atoms with van der Waals surface area (Å²) >= 11 is 1.58. The summed E-state index contributed by atoms with van der Waals surface area (Å²) < 4.78 is 0. The Morgan fingerprint density at radius 3 is 2.58 bits per heavy atom. The van der Waals surface area contributed by atoms with Gasteiger partial charge in [-0.1, -0.05) is 0 Å². The highest BCUT2D eigenvalue weighted by Gasteiger charge is 2.02. The highest BCUT2D eigenvalue weighted by Crippen LogP contribution is 1.94. The van der Waals surface area contributed by atoms with Gasteiger partial charge in [0.05, 0.1) is 6.54 Å². The Kier molecular flexibility index (Phi) is 6.50. The van der Waals surface area contributed by atoms with Gasteiger partial charge in [0.1, 0.15) is 0 Å². The lowest BCUT2D eigenvalue weighted by Crippen LogP contribution is -2.40. The van der Waals surface area contributed by atoms with Crippen molar-refractivity contribution in [1.29, 1.82) is 0 Å². The molecule has 2 amide bonds. The van der Waals surface area contributed by atoms with Crippen LogP contribution in [-0.4, -0.2) is 30.4 Å². The molecule has 4 N–H and O–H groups in total. The maximum atomic E-state index is 10.9. The lowest BCUT2D eigenvalue weighted by atomic mass is 10.4. The van der Waals surface area contributed by atoms with Crippen LogP contribution in [0.1, 0.15) is 6.42 Å². The third kappa shape index (κ3) is 5.99. The quantitative estimate of drug-likeness (QED) is 0.291. The van der Waals surface area contributed by atoms with E-state index in [1.807, 2.05) is 11.7 Å². The van der Waals surface area contributed by atoms with Crippen LogP contribution < -0.4 is 16.6 Å². The largest absolute Gasteiger partial charge is 0.347 e. The van der Waals surface area contributed by atoms with Crippen LogP contribution in [-0.2, 0) is 9.59 Å². The minimum absolute atomic E-state index is 0.0519. The Morgan fingerprint density at radius 1 is 1.42 bits per heavy atom. The molecule has 0 aromatic carbocycles. The normalized spacial score (nSPS) is 9.17. The Balaban J connectivity index is 3.37. The second-order valence-corrected chi connectivity index (χ2v) is 3.07. The number of nitrogens with one attached hydrogen (secondary N) is 2. The molecule has 0 aliphatic rings. The Hall–Kier alpha value is -0.750. The molecule has 0 fully saturated rings. The Labute approximate surface area is 75.4 Å². The summed E-state index contributed by atoms with van der Waals surface area (Å²) in [5.74, 6) is 5.04. The zero-order valence-electron chi connectivity index (χ0n) is 6.92. The smallest absolute Gasteiger partial charge is 0.253 e. The van der Waals surface area contributed by atoms with E-state index in [9.17, 15) is 9.59 Å². The van der Waals surface area contributed by atoms with E-state index in [0.29, 0.717) is 6.42 Å². The number of amides is 2. The summed E-state index contributed by atoms with van der Waals surface area (Å²) in [5, 5.41) is 2.42. The van der Waals surface area contributed by atoms with Gasteiger partial charge in [0, 0.05) is 12.2 Å². The van der Waals surface area contributed by atoms with Crippen LogP contribution in [0.4, 0.5) is 0 Å². The van der Waals surface area contributed by atoms with Crippen molar-refractivity contribution in [1.82, 2.24) is 10.7 Å². The first-order valence-electron chi connectivity index (χ1n) is 3.45. The average molecular weight is 191 g/mol. The minimum Gasteiger partial charge on any atom is -0.347 e. The molecular formula is C6H13N3O2S. The van der Waals surface area contributed by atoms with Gasteiger partial charge in [0.2, 0.25) is 5.91 Å². The van der Waals surface area contributed by atoms with Crippen molar-refractivity contribution in [3.63, 3.8) is 0 Å². The molecular weight excluding hydrogens is 178 g/mol. The zero-order chi connectivity index (χ0) is 9.40. The van der Waals surface area contributed by atoms with E-state index < -0.39 is 5.91 Å². The molecule has 0 aromatic heterocycles. The topological polar surface area (TPSA) is 84.2 Å². The fourth-order valence-electron chi connectivity index (χ4n) is 0.513. The molecule has 0 heterocycles. The number of hydrogen-bond donors (Lipinski definition) is 3. The van der Waals surface area contributed by atoms with Gasteiger partial charge in [-0.15, -0.1) is 0 Å². The van der Waals surface area contributed by atoms with Gasteiger partial charge >= 0.3 is 0 Å². The maximum absolute atomic E-state index is 10.9. The van der Waals surface area contributed by atoms with E-state index in [2.05, 4.69) is 5.32 Å². The SMILES string of the molecule is CSCCC(=O)NCC(=O)NN. The van der Waals surface area contributed by atoms with E-state index in [-0.39, 0.29) is 12.5 Å². The third-order valence-electron chi connectivity index (χ3n) is 1.14. The molecule has 0 bridgehead atoms. The molecule has 12 heavy (non-hydrogen) atoms. The predicted molar refractivity (Wildman–Crippen MR) is 48.3 cm³/mol. The number of carbonyl (C=O) groups excluding carboxylic acids is 2. The van der Waals surface area contributed by atoms with Crippen LogP contribution in [0.25, 0.3) is 0 Å². The number of rotatable bonds is 5. The van der Waals surface area contributed by atoms with Crippen molar-refractivity contribution < 1.29 is 9.59 Å². The molecule has 0 aliphatic carbocycles. The van der Waals surface area contributed by atoms with E-state index in [1.165, 1.54) is 0 Å². The fourth-order valence-corrected chi connectivity index (χ4v) is 0.903. The lowest BCUT2D eigenvalue weighted by Gasteiger charge is -2.02. The number of thioether (sulfide) groups is 1. The van der Waals surface area contributed by atoms with E-state index in [1.54, 1.807) is 11.8 Å². The predicted octanol–water partition coefficient (Wildman–Crippen LogP) is -1.15. The molecule has 0 saturated heterocycles. The molecule has 70 valence electrons. The second kappa shape index (κ2) is 6.93. The number of hydrazine groups is 1. The van der Waals surface area contributed by atoms with Crippen LogP contribution in [0.3, 0.4) is 0 Å². The number of nitrogens with two attached hydrogens (primary N) is 1. The highest BCUT2D eigenvalue weighted by atomic mass is 32.2. The lowest BCUT2D eigenvalue weighted by molar-refractivity contribution is -0.125. The van der Waals surface area contributed by atoms with Crippen LogP contribution in [0, 0.1) is 0 Å². The van der Waals surface area contributed by atoms with Gasteiger partial charge in [0.25, 0.3) is 5.91 Å². The molecule has 0 spiro atoms. The first-order chi connectivity index (χ1) is 5.70. The zero-order valence-corrected chi connectivity index (χ0v) is 7.74. The Bertz CT molecular complexity index is 163. The van der Waals surface area contributed by atoms with E-state index in [4.69, 9.17) is 5.84 Å². The van der Waals surface area contributed by atoms with Crippen molar-refractivity contribution in [2.45, 2.75) is 6.42 Å². The second-order valence-electron chi connectivity index (χ2n) is 2.09. The summed E-state index contributed by atoms with van der Waals surface area (Å²) in [4.78, 5) is 21.4.